The van der Waals surface area contributed by atoms with E-state index in [4.69, 9.17) is 9.50 Å². The molecule has 1 aromatic carbocycles. The summed E-state index contributed by atoms with van der Waals surface area (Å²) in [7, 11) is 0. The second-order valence-electron chi connectivity index (χ2n) is 5.21. The number of rotatable bonds is 2. The van der Waals surface area contributed by atoms with Crippen LogP contribution in [0.1, 0.15) is 19.8 Å². The lowest BCUT2D eigenvalue weighted by Gasteiger charge is -2.29. The second kappa shape index (κ2) is 5.45. The van der Waals surface area contributed by atoms with Crippen molar-refractivity contribution in [3.05, 3.63) is 30.5 Å². The fraction of sp³-hybridized carbons (Fsp3) is 0.429. The first kappa shape index (κ1) is 12.8. The summed E-state index contributed by atoms with van der Waals surface area (Å²) in [5.74, 6) is 0.821. The van der Waals surface area contributed by atoms with Gasteiger partial charge in [0.1, 0.15) is 0 Å². The Morgan fingerprint density at radius 1 is 1.32 bits per heavy atom. The summed E-state index contributed by atoms with van der Waals surface area (Å²) in [6.45, 7) is 4.43. The molecule has 1 aliphatic heterocycles. The first-order valence-electron chi connectivity index (χ1n) is 6.76. The molecule has 3 N–H and O–H groups in total. The van der Waals surface area contributed by atoms with E-state index in [9.17, 15) is 0 Å². The van der Waals surface area contributed by atoms with Gasteiger partial charge in [-0.05, 0) is 24.8 Å². The maximum Gasteiger partial charge on any atom is 0.0984 e. The summed E-state index contributed by atoms with van der Waals surface area (Å²) in [4.78, 5) is 3.24. The van der Waals surface area contributed by atoms with Crippen LogP contribution in [0.15, 0.2) is 34.8 Å². The number of aromatic amines is 1. The first-order valence-corrected chi connectivity index (χ1v) is 7.96. The van der Waals surface area contributed by atoms with Crippen LogP contribution >= 0.6 is 0 Å². The van der Waals surface area contributed by atoms with Crippen molar-refractivity contribution in [1.82, 2.24) is 9.29 Å². The van der Waals surface area contributed by atoms with E-state index in [2.05, 4.69) is 28.3 Å². The Kier molecular flexibility index (Phi) is 3.68. The zero-order valence-electron chi connectivity index (χ0n) is 11.2. The summed E-state index contributed by atoms with van der Waals surface area (Å²) in [6, 6.07) is 8.20. The molecule has 0 bridgehead atoms. The number of hydrogen-bond donors (Lipinski definition) is 2. The topological polar surface area (TPSA) is 57.4 Å². The summed E-state index contributed by atoms with van der Waals surface area (Å²) in [5.41, 5.74) is 2.09. The maximum absolute atomic E-state index is 6.25. The van der Waals surface area contributed by atoms with Gasteiger partial charge in [0.25, 0.3) is 0 Å². The van der Waals surface area contributed by atoms with Gasteiger partial charge in [-0.3, -0.25) is 5.14 Å². The molecule has 1 aromatic heterocycles. The molecule has 19 heavy (non-hydrogen) atoms. The predicted molar refractivity (Wildman–Crippen MR) is 81.9 cm³/mol. The number of para-hydroxylation sites is 1. The van der Waals surface area contributed by atoms with Crippen LogP contribution in [-0.4, -0.2) is 22.4 Å². The van der Waals surface area contributed by atoms with E-state index in [1.54, 1.807) is 0 Å². The Hall–Kier alpha value is -1.17. The molecule has 1 saturated heterocycles. The average molecular weight is 276 g/mol. The average Bonchev–Trinajstić information content (AvgIpc) is 2.83. The van der Waals surface area contributed by atoms with Crippen molar-refractivity contribution in [1.29, 1.82) is 0 Å². The number of hydrogen-bond acceptors (Lipinski definition) is 1. The number of benzene rings is 1. The van der Waals surface area contributed by atoms with Crippen LogP contribution in [0, 0.1) is 5.92 Å². The Morgan fingerprint density at radius 3 is 2.84 bits per heavy atom. The molecule has 1 aliphatic rings. The number of nitrogens with two attached hydrogens (primary N) is 1. The van der Waals surface area contributed by atoms with Gasteiger partial charge in [-0.1, -0.05) is 25.1 Å². The molecule has 0 saturated carbocycles. The smallest absolute Gasteiger partial charge is 0.0984 e. The Bertz CT molecular complexity index is 596. The number of nitrogens with one attached hydrogen (secondary N) is 1. The summed E-state index contributed by atoms with van der Waals surface area (Å²) in [5, 5.41) is 7.40. The monoisotopic (exact) mass is 276 g/mol. The van der Waals surface area contributed by atoms with Crippen LogP contribution in [0.5, 0.6) is 0 Å². The van der Waals surface area contributed by atoms with E-state index in [1.807, 2.05) is 18.3 Å². The highest BCUT2D eigenvalue weighted by Crippen LogP contribution is 2.26. The largest absolute Gasteiger partial charge is 0.359 e. The molecule has 0 spiro atoms. The van der Waals surface area contributed by atoms with Crippen molar-refractivity contribution < 1.29 is 0 Å². The van der Waals surface area contributed by atoms with E-state index in [0.29, 0.717) is 0 Å². The van der Waals surface area contributed by atoms with Crippen LogP contribution in [0.2, 0.25) is 0 Å². The van der Waals surface area contributed by atoms with Crippen LogP contribution in [0.25, 0.3) is 10.9 Å². The van der Waals surface area contributed by atoms with Crippen LogP contribution in [0.4, 0.5) is 5.69 Å². The fourth-order valence-electron chi connectivity index (χ4n) is 2.46. The molecule has 1 unspecified atom stereocenters. The summed E-state index contributed by atoms with van der Waals surface area (Å²) in [6.07, 6.45) is 4.40. The second-order valence-corrected chi connectivity index (χ2v) is 6.50. The quantitative estimate of drug-likeness (QED) is 0.885. The normalized spacial score (nSPS) is 20.1. The molecule has 1 atom stereocenters. The van der Waals surface area contributed by atoms with E-state index >= 15 is 0 Å². The number of nitrogens with zero attached hydrogens (tertiary/aromatic N) is 2. The van der Waals surface area contributed by atoms with Gasteiger partial charge in [0.15, 0.2) is 0 Å². The van der Waals surface area contributed by atoms with Crippen LogP contribution in [0.3, 0.4) is 0 Å². The molecule has 0 aliphatic carbocycles. The van der Waals surface area contributed by atoms with Gasteiger partial charge in [-0.25, -0.2) is 4.31 Å². The molecule has 4 nitrogen and oxygen atoms in total. The molecule has 1 fully saturated rings. The van der Waals surface area contributed by atoms with E-state index in [0.717, 1.165) is 35.6 Å². The van der Waals surface area contributed by atoms with Crippen molar-refractivity contribution >= 4 is 27.7 Å². The van der Waals surface area contributed by atoms with E-state index in [1.165, 1.54) is 12.8 Å². The molecule has 2 aromatic rings. The lowest BCUT2D eigenvalue weighted by atomic mass is 10.0. The van der Waals surface area contributed by atoms with E-state index < -0.39 is 11.1 Å². The van der Waals surface area contributed by atoms with Crippen LogP contribution in [-0.2, 0) is 11.1 Å². The zero-order chi connectivity index (χ0) is 13.2. The minimum atomic E-state index is -0.518. The third-order valence-electron chi connectivity index (χ3n) is 3.77. The molecule has 3 rings (SSSR count). The number of H-pyrrole nitrogens is 1. The van der Waals surface area contributed by atoms with Crippen LogP contribution < -0.4 is 5.14 Å². The Morgan fingerprint density at radius 2 is 2.05 bits per heavy atom. The highest BCUT2D eigenvalue weighted by atomic mass is 32.2. The molecule has 2 heterocycles. The molecule has 0 radical (unpaired) electrons. The van der Waals surface area contributed by atoms with Crippen molar-refractivity contribution in [3.8, 4) is 0 Å². The third kappa shape index (κ3) is 2.73. The van der Waals surface area contributed by atoms with Gasteiger partial charge >= 0.3 is 0 Å². The Labute approximate surface area is 116 Å². The van der Waals surface area contributed by atoms with Gasteiger partial charge in [-0.15, -0.1) is 0 Å². The number of aromatic nitrogens is 1. The SMILES string of the molecule is CC1CCN(S(N)=Nc2c[nH]c3ccccc23)CC1. The van der Waals surface area contributed by atoms with E-state index in [-0.39, 0.29) is 0 Å². The molecular weight excluding hydrogens is 256 g/mol. The highest BCUT2D eigenvalue weighted by Gasteiger charge is 2.17. The third-order valence-corrected chi connectivity index (χ3v) is 5.04. The zero-order valence-corrected chi connectivity index (χ0v) is 12.0. The predicted octanol–water partition coefficient (Wildman–Crippen LogP) is 3.12. The minimum Gasteiger partial charge on any atom is -0.359 e. The highest BCUT2D eigenvalue weighted by molar-refractivity contribution is 7.82. The lowest BCUT2D eigenvalue weighted by molar-refractivity contribution is 0.305. The lowest BCUT2D eigenvalue weighted by Crippen LogP contribution is -2.37. The van der Waals surface area contributed by atoms with Gasteiger partial charge < -0.3 is 4.98 Å². The molecule has 102 valence electrons. The molecular formula is C14H20N4S. The summed E-state index contributed by atoms with van der Waals surface area (Å²) < 4.78 is 6.99. The minimum absolute atomic E-state index is 0.518. The van der Waals surface area contributed by atoms with Gasteiger partial charge in [0, 0.05) is 41.3 Å². The van der Waals surface area contributed by atoms with Crippen molar-refractivity contribution in [2.75, 3.05) is 13.1 Å². The number of piperidine rings is 1. The molecule has 5 heteroatoms. The van der Waals surface area contributed by atoms with Gasteiger partial charge in [0.2, 0.25) is 0 Å². The van der Waals surface area contributed by atoms with Gasteiger partial charge in [-0.2, -0.15) is 4.36 Å². The van der Waals surface area contributed by atoms with Gasteiger partial charge in [0.05, 0.1) is 5.69 Å². The molecule has 0 amide bonds. The standard InChI is InChI=1S/C14H20N4S/c1-11-6-8-18(9-7-11)19(15)17-14-10-16-13-5-3-2-4-12(13)14/h2-5,10-11,16H,6-9H2,1H3,(H2,15,17). The first-order chi connectivity index (χ1) is 9.24. The maximum atomic E-state index is 6.25. The van der Waals surface area contributed by atoms with Crippen molar-refractivity contribution in [3.63, 3.8) is 0 Å². The van der Waals surface area contributed by atoms with Crippen molar-refractivity contribution in [2.24, 2.45) is 15.4 Å². The van der Waals surface area contributed by atoms with Crippen molar-refractivity contribution in [2.45, 2.75) is 19.8 Å². The summed E-state index contributed by atoms with van der Waals surface area (Å²) >= 11 is -0.518. The number of fused-ring (bicyclic) bond motifs is 1. The Balaban J connectivity index is 1.84. The fourth-order valence-corrected chi connectivity index (χ4v) is 3.52.